The van der Waals surface area contributed by atoms with Crippen LogP contribution in [0.5, 0.6) is 5.75 Å². The molecular weight excluding hydrogens is 311 g/mol. The summed E-state index contributed by atoms with van der Waals surface area (Å²) in [4.78, 5) is 4.16. The minimum atomic E-state index is -4.48. The molecule has 2 aromatic rings. The molecule has 1 aliphatic carbocycles. The van der Waals surface area contributed by atoms with Crippen LogP contribution in [-0.4, -0.2) is 10.1 Å². The molecule has 0 unspecified atom stereocenters. The third kappa shape index (κ3) is 3.31. The average molecular weight is 327 g/mol. The van der Waals surface area contributed by atoms with Gasteiger partial charge in [-0.05, 0) is 25.0 Å². The van der Waals surface area contributed by atoms with Crippen molar-refractivity contribution in [1.82, 2.24) is 10.1 Å². The maximum absolute atomic E-state index is 12.9. The van der Waals surface area contributed by atoms with Crippen LogP contribution in [-0.2, 0) is 18.3 Å². The molecule has 1 fully saturated rings. The summed E-state index contributed by atoms with van der Waals surface area (Å²) in [6.07, 6.45) is -0.957. The van der Waals surface area contributed by atoms with Gasteiger partial charge >= 0.3 is 6.18 Å². The average Bonchev–Trinajstić information content (AvgIpc) is 3.14. The fourth-order valence-electron chi connectivity index (χ4n) is 2.71. The van der Waals surface area contributed by atoms with Crippen molar-refractivity contribution in [3.05, 3.63) is 41.5 Å². The largest absolute Gasteiger partial charge is 0.483 e. The van der Waals surface area contributed by atoms with E-state index < -0.39 is 17.3 Å². The van der Waals surface area contributed by atoms with Gasteiger partial charge in [-0.2, -0.15) is 18.2 Å². The first-order valence-electron chi connectivity index (χ1n) is 7.29. The second-order valence-electron chi connectivity index (χ2n) is 5.66. The predicted molar refractivity (Wildman–Crippen MR) is 74.4 cm³/mol. The summed E-state index contributed by atoms with van der Waals surface area (Å²) in [5.74, 6) is 0.217. The number of alkyl halides is 3. The van der Waals surface area contributed by atoms with Gasteiger partial charge < -0.3 is 15.0 Å². The Balaban J connectivity index is 1.71. The third-order valence-corrected chi connectivity index (χ3v) is 3.95. The van der Waals surface area contributed by atoms with Crippen LogP contribution in [0.2, 0.25) is 0 Å². The van der Waals surface area contributed by atoms with Crippen LogP contribution in [0.15, 0.2) is 28.8 Å². The lowest BCUT2D eigenvalue weighted by atomic mass is 9.99. The van der Waals surface area contributed by atoms with Crippen molar-refractivity contribution in [2.24, 2.45) is 5.73 Å². The summed E-state index contributed by atoms with van der Waals surface area (Å²) in [7, 11) is 0. The number of para-hydroxylation sites is 1. The fraction of sp³-hybridized carbons (Fsp3) is 0.467. The lowest BCUT2D eigenvalue weighted by molar-refractivity contribution is -0.139. The highest BCUT2D eigenvalue weighted by atomic mass is 19.4. The molecule has 1 aliphatic rings. The van der Waals surface area contributed by atoms with E-state index >= 15 is 0 Å². The van der Waals surface area contributed by atoms with E-state index in [0.29, 0.717) is 5.82 Å². The molecule has 0 spiro atoms. The van der Waals surface area contributed by atoms with Crippen LogP contribution in [0.1, 0.15) is 43.0 Å². The smallest absolute Gasteiger partial charge is 0.419 e. The molecule has 2 N–H and O–H groups in total. The quantitative estimate of drug-likeness (QED) is 0.931. The van der Waals surface area contributed by atoms with Gasteiger partial charge in [-0.1, -0.05) is 30.1 Å². The number of hydrogen-bond acceptors (Lipinski definition) is 5. The van der Waals surface area contributed by atoms with Crippen molar-refractivity contribution in [2.75, 3.05) is 0 Å². The van der Waals surface area contributed by atoms with Gasteiger partial charge in [0.2, 0.25) is 0 Å². The van der Waals surface area contributed by atoms with Crippen LogP contribution in [0.4, 0.5) is 13.2 Å². The summed E-state index contributed by atoms with van der Waals surface area (Å²) < 4.78 is 48.9. The minimum absolute atomic E-state index is 0.105. The lowest BCUT2D eigenvalue weighted by Crippen LogP contribution is -2.34. The van der Waals surface area contributed by atoms with E-state index in [1.807, 2.05) is 0 Å². The van der Waals surface area contributed by atoms with E-state index in [0.717, 1.165) is 31.7 Å². The van der Waals surface area contributed by atoms with E-state index in [-0.39, 0.29) is 18.2 Å². The SMILES string of the molecule is NC1(c2noc(COc3ccccc3C(F)(F)F)n2)CCCC1. The van der Waals surface area contributed by atoms with Crippen molar-refractivity contribution >= 4 is 0 Å². The Kier molecular flexibility index (Phi) is 4.01. The van der Waals surface area contributed by atoms with Crippen molar-refractivity contribution < 1.29 is 22.4 Å². The molecule has 1 aromatic carbocycles. The van der Waals surface area contributed by atoms with Gasteiger partial charge in [-0.15, -0.1) is 0 Å². The molecule has 0 amide bonds. The molecule has 0 bridgehead atoms. The Bertz CT molecular complexity index is 679. The van der Waals surface area contributed by atoms with Crippen molar-refractivity contribution in [2.45, 2.75) is 44.0 Å². The topological polar surface area (TPSA) is 74.2 Å². The summed E-state index contributed by atoms with van der Waals surface area (Å²) in [6.45, 7) is -0.240. The van der Waals surface area contributed by atoms with Gasteiger partial charge in [0, 0.05) is 0 Å². The maximum Gasteiger partial charge on any atom is 0.419 e. The Morgan fingerprint density at radius 1 is 1.22 bits per heavy atom. The van der Waals surface area contributed by atoms with Gasteiger partial charge in [-0.25, -0.2) is 0 Å². The molecule has 0 saturated heterocycles. The van der Waals surface area contributed by atoms with Crippen LogP contribution in [0, 0.1) is 0 Å². The molecule has 3 rings (SSSR count). The predicted octanol–water partition coefficient (Wildman–Crippen LogP) is 3.40. The number of nitrogens with zero attached hydrogens (tertiary/aromatic N) is 2. The molecule has 124 valence electrons. The zero-order valence-electron chi connectivity index (χ0n) is 12.3. The van der Waals surface area contributed by atoms with E-state index in [1.165, 1.54) is 18.2 Å². The number of halogens is 3. The fourth-order valence-corrected chi connectivity index (χ4v) is 2.71. The Morgan fingerprint density at radius 2 is 1.91 bits per heavy atom. The highest BCUT2D eigenvalue weighted by Crippen LogP contribution is 2.37. The highest BCUT2D eigenvalue weighted by Gasteiger charge is 2.36. The molecule has 0 atom stereocenters. The first-order chi connectivity index (χ1) is 10.9. The Morgan fingerprint density at radius 3 is 2.61 bits per heavy atom. The molecule has 1 aromatic heterocycles. The third-order valence-electron chi connectivity index (χ3n) is 3.95. The van der Waals surface area contributed by atoms with Gasteiger partial charge in [0.05, 0.1) is 11.1 Å². The normalized spacial score (nSPS) is 17.4. The molecule has 1 saturated carbocycles. The van der Waals surface area contributed by atoms with E-state index in [4.69, 9.17) is 15.0 Å². The number of nitrogens with two attached hydrogens (primary N) is 1. The van der Waals surface area contributed by atoms with Crippen LogP contribution < -0.4 is 10.5 Å². The number of benzene rings is 1. The second-order valence-corrected chi connectivity index (χ2v) is 5.66. The van der Waals surface area contributed by atoms with Crippen LogP contribution >= 0.6 is 0 Å². The molecule has 23 heavy (non-hydrogen) atoms. The molecule has 5 nitrogen and oxygen atoms in total. The Hall–Kier alpha value is -2.09. The van der Waals surface area contributed by atoms with Gasteiger partial charge in [0.15, 0.2) is 12.4 Å². The summed E-state index contributed by atoms with van der Waals surface area (Å²) in [5, 5.41) is 3.84. The van der Waals surface area contributed by atoms with Gasteiger partial charge in [0.1, 0.15) is 5.75 Å². The number of rotatable bonds is 4. The molecular formula is C15H16F3N3O2. The van der Waals surface area contributed by atoms with E-state index in [1.54, 1.807) is 0 Å². The summed E-state index contributed by atoms with van der Waals surface area (Å²) in [6, 6.07) is 4.99. The molecule has 0 aliphatic heterocycles. The summed E-state index contributed by atoms with van der Waals surface area (Å²) >= 11 is 0. The number of hydrogen-bond donors (Lipinski definition) is 1. The highest BCUT2D eigenvalue weighted by molar-refractivity contribution is 5.35. The first-order valence-corrected chi connectivity index (χ1v) is 7.29. The minimum Gasteiger partial charge on any atom is -0.483 e. The van der Waals surface area contributed by atoms with Gasteiger partial charge in [0.25, 0.3) is 5.89 Å². The van der Waals surface area contributed by atoms with E-state index in [9.17, 15) is 13.2 Å². The molecule has 1 heterocycles. The monoisotopic (exact) mass is 327 g/mol. The Labute approximate surface area is 130 Å². The summed E-state index contributed by atoms with van der Waals surface area (Å²) in [5.41, 5.74) is 4.76. The standard InChI is InChI=1S/C15H16F3N3O2/c16-15(17,18)10-5-1-2-6-11(10)22-9-12-20-13(21-23-12)14(19)7-3-4-8-14/h1-2,5-6H,3-4,7-9,19H2. The van der Waals surface area contributed by atoms with Crippen LogP contribution in [0.3, 0.4) is 0 Å². The van der Waals surface area contributed by atoms with Gasteiger partial charge in [-0.3, -0.25) is 0 Å². The lowest BCUT2D eigenvalue weighted by Gasteiger charge is -2.17. The molecule has 8 heteroatoms. The van der Waals surface area contributed by atoms with Crippen molar-refractivity contribution in [3.8, 4) is 5.75 Å². The van der Waals surface area contributed by atoms with Crippen molar-refractivity contribution in [1.29, 1.82) is 0 Å². The molecule has 0 radical (unpaired) electrons. The zero-order valence-corrected chi connectivity index (χ0v) is 12.3. The first kappa shape index (κ1) is 15.8. The maximum atomic E-state index is 12.9. The zero-order chi connectivity index (χ0) is 16.5. The van der Waals surface area contributed by atoms with Crippen LogP contribution in [0.25, 0.3) is 0 Å². The number of aromatic nitrogens is 2. The van der Waals surface area contributed by atoms with Crippen molar-refractivity contribution in [3.63, 3.8) is 0 Å². The second kappa shape index (κ2) is 5.84. The number of ether oxygens (including phenoxy) is 1. The van der Waals surface area contributed by atoms with E-state index in [2.05, 4.69) is 10.1 Å².